The minimum absolute atomic E-state index is 0.129. The first-order chi connectivity index (χ1) is 5.45. The van der Waals surface area contributed by atoms with E-state index < -0.39 is 0 Å². The van der Waals surface area contributed by atoms with Gasteiger partial charge in [0.15, 0.2) is 0 Å². The van der Waals surface area contributed by atoms with Gasteiger partial charge in [0.05, 0.1) is 9.52 Å². The molecule has 2 aromatic rings. The maximum atomic E-state index is 2.27. The topological polar surface area (TPSA) is 0 Å². The van der Waals surface area contributed by atoms with Gasteiger partial charge in [0.2, 0.25) is 0 Å². The zero-order valence-electron chi connectivity index (χ0n) is 5.99. The molecule has 0 unspecified atom stereocenters. The van der Waals surface area contributed by atoms with E-state index in [4.69, 9.17) is 0 Å². The number of rotatable bonds is 2. The quantitative estimate of drug-likeness (QED) is 0.627. The summed E-state index contributed by atoms with van der Waals surface area (Å²) in [6.07, 6.45) is 0. The van der Waals surface area contributed by atoms with Crippen molar-refractivity contribution in [2.45, 2.75) is 0 Å². The van der Waals surface area contributed by atoms with Crippen LogP contribution in [0.4, 0.5) is 0 Å². The van der Waals surface area contributed by atoms with E-state index >= 15 is 0 Å². The molecule has 0 aliphatic heterocycles. The maximum Gasteiger partial charge on any atom is 0.0896 e. The zero-order chi connectivity index (χ0) is 7.52. The molecule has 0 aliphatic carbocycles. The highest BCUT2D eigenvalue weighted by molar-refractivity contribution is 7.10. The Labute approximate surface area is 76.3 Å². The van der Waals surface area contributed by atoms with Crippen molar-refractivity contribution >= 4 is 42.6 Å². The second kappa shape index (κ2) is 3.34. The van der Waals surface area contributed by atoms with Crippen LogP contribution in [0.1, 0.15) is 0 Å². The summed E-state index contributed by atoms with van der Waals surface area (Å²) in [5.41, 5.74) is 0. The lowest BCUT2D eigenvalue weighted by molar-refractivity contribution is 2.08. The van der Waals surface area contributed by atoms with E-state index in [1.54, 1.807) is 33.0 Å². The third-order valence-electron chi connectivity index (χ3n) is 1.57. The van der Waals surface area contributed by atoms with Crippen LogP contribution in [0, 0.1) is 0 Å². The highest BCUT2D eigenvalue weighted by Gasteiger charge is 1.96. The van der Waals surface area contributed by atoms with Crippen molar-refractivity contribution in [3.05, 3.63) is 33.7 Å². The van der Waals surface area contributed by atoms with Crippen LogP contribution in [0.3, 0.4) is 0 Å². The van der Waals surface area contributed by atoms with Gasteiger partial charge in [-0.1, -0.05) is 22.5 Å². The SMILES string of the molecule is c1cc([SiH2]c2ccsc2)cs1. The van der Waals surface area contributed by atoms with Gasteiger partial charge in [0.1, 0.15) is 0 Å². The van der Waals surface area contributed by atoms with E-state index in [1.165, 1.54) is 0 Å². The van der Waals surface area contributed by atoms with Gasteiger partial charge >= 0.3 is 0 Å². The van der Waals surface area contributed by atoms with E-state index in [1.807, 2.05) is 0 Å². The molecule has 0 saturated heterocycles. The summed E-state index contributed by atoms with van der Waals surface area (Å²) in [6.45, 7) is 0. The van der Waals surface area contributed by atoms with Crippen molar-refractivity contribution in [1.82, 2.24) is 0 Å². The Kier molecular flexibility index (Phi) is 2.21. The fourth-order valence-electron chi connectivity index (χ4n) is 1.02. The molecule has 0 atom stereocenters. The number of thiophene rings is 2. The molecular weight excluding hydrogens is 188 g/mol. The van der Waals surface area contributed by atoms with Gasteiger partial charge in [-0.2, -0.15) is 22.7 Å². The lowest BCUT2D eigenvalue weighted by atomic mass is 10.6. The summed E-state index contributed by atoms with van der Waals surface area (Å²) in [6, 6.07) is 4.49. The standard InChI is InChI=1S/C8H8S2Si/c1-3-9-5-7(1)11-8-2-4-10-6-8/h1-6H,11H2. The number of hydrogen-bond donors (Lipinski definition) is 0. The highest BCUT2D eigenvalue weighted by Crippen LogP contribution is 1.94. The summed E-state index contributed by atoms with van der Waals surface area (Å²) in [7, 11) is -0.129. The molecule has 0 fully saturated rings. The molecule has 3 heteroatoms. The van der Waals surface area contributed by atoms with Crippen LogP contribution in [0.25, 0.3) is 0 Å². The molecule has 0 amide bonds. The molecule has 0 nitrogen and oxygen atoms in total. The molecule has 0 N–H and O–H groups in total. The van der Waals surface area contributed by atoms with Crippen LogP contribution in [0.15, 0.2) is 33.7 Å². The van der Waals surface area contributed by atoms with Crippen LogP contribution in [0.5, 0.6) is 0 Å². The Morgan fingerprint density at radius 1 is 0.909 bits per heavy atom. The predicted octanol–water partition coefficient (Wildman–Crippen LogP) is 0.929. The lowest BCUT2D eigenvalue weighted by Gasteiger charge is -1.89. The first kappa shape index (κ1) is 7.28. The van der Waals surface area contributed by atoms with Crippen LogP contribution < -0.4 is 10.4 Å². The second-order valence-electron chi connectivity index (χ2n) is 2.44. The maximum absolute atomic E-state index is 2.27. The minimum atomic E-state index is -0.129. The molecule has 0 saturated carbocycles. The molecule has 0 bridgehead atoms. The summed E-state index contributed by atoms with van der Waals surface area (Å²) < 4.78 is 0. The van der Waals surface area contributed by atoms with Crippen molar-refractivity contribution in [1.29, 1.82) is 0 Å². The summed E-state index contributed by atoms with van der Waals surface area (Å²) in [5, 5.41) is 12.0. The van der Waals surface area contributed by atoms with Crippen molar-refractivity contribution < 1.29 is 0 Å². The Balaban J connectivity index is 2.14. The third-order valence-corrected chi connectivity index (χ3v) is 5.32. The Bertz CT molecular complexity index is 264. The van der Waals surface area contributed by atoms with Gasteiger partial charge in [-0.25, -0.2) is 0 Å². The monoisotopic (exact) mass is 196 g/mol. The van der Waals surface area contributed by atoms with Gasteiger partial charge in [-0.3, -0.25) is 0 Å². The molecule has 56 valence electrons. The largest absolute Gasteiger partial charge is 0.153 e. The molecule has 0 aliphatic rings. The van der Waals surface area contributed by atoms with Crippen molar-refractivity contribution in [2.24, 2.45) is 0 Å². The molecule has 0 radical (unpaired) electrons. The molecule has 0 spiro atoms. The lowest BCUT2D eigenvalue weighted by Crippen LogP contribution is -2.23. The van der Waals surface area contributed by atoms with E-state index in [2.05, 4.69) is 33.7 Å². The molecular formula is C8H8S2Si. The van der Waals surface area contributed by atoms with Crippen molar-refractivity contribution in [3.8, 4) is 0 Å². The normalized spacial score (nSPS) is 10.2. The minimum Gasteiger partial charge on any atom is -0.153 e. The first-order valence-electron chi connectivity index (χ1n) is 3.47. The van der Waals surface area contributed by atoms with Crippen LogP contribution >= 0.6 is 22.7 Å². The Hall–Kier alpha value is -0.383. The predicted molar refractivity (Wildman–Crippen MR) is 56.5 cm³/mol. The van der Waals surface area contributed by atoms with Crippen LogP contribution in [-0.4, -0.2) is 9.52 Å². The fourth-order valence-corrected chi connectivity index (χ4v) is 4.72. The second-order valence-corrected chi connectivity index (χ2v) is 5.99. The molecule has 2 heterocycles. The van der Waals surface area contributed by atoms with Gasteiger partial charge in [0.25, 0.3) is 0 Å². The third kappa shape index (κ3) is 1.80. The average Bonchev–Trinajstić information content (AvgIpc) is 2.60. The highest BCUT2D eigenvalue weighted by atomic mass is 32.1. The van der Waals surface area contributed by atoms with Gasteiger partial charge in [-0.15, -0.1) is 0 Å². The van der Waals surface area contributed by atoms with Gasteiger partial charge < -0.3 is 0 Å². The summed E-state index contributed by atoms with van der Waals surface area (Å²) >= 11 is 3.60. The summed E-state index contributed by atoms with van der Waals surface area (Å²) in [4.78, 5) is 0. The van der Waals surface area contributed by atoms with Crippen LogP contribution in [0.2, 0.25) is 0 Å². The Morgan fingerprint density at radius 2 is 1.45 bits per heavy atom. The van der Waals surface area contributed by atoms with Crippen molar-refractivity contribution in [2.75, 3.05) is 0 Å². The smallest absolute Gasteiger partial charge is 0.0896 e. The zero-order valence-corrected chi connectivity index (χ0v) is 9.03. The average molecular weight is 196 g/mol. The molecule has 2 aromatic heterocycles. The fraction of sp³-hybridized carbons (Fsp3) is 0. The molecule has 0 aromatic carbocycles. The molecule has 2 rings (SSSR count). The van der Waals surface area contributed by atoms with Crippen molar-refractivity contribution in [3.63, 3.8) is 0 Å². The summed E-state index contributed by atoms with van der Waals surface area (Å²) in [5.74, 6) is 0. The van der Waals surface area contributed by atoms with E-state index in [0.717, 1.165) is 0 Å². The molecule has 11 heavy (non-hydrogen) atoms. The number of hydrogen-bond acceptors (Lipinski definition) is 2. The Morgan fingerprint density at radius 3 is 1.82 bits per heavy atom. The van der Waals surface area contributed by atoms with Gasteiger partial charge in [-0.05, 0) is 21.5 Å². The first-order valence-corrected chi connectivity index (χ1v) is 6.77. The van der Waals surface area contributed by atoms with Crippen LogP contribution in [-0.2, 0) is 0 Å². The van der Waals surface area contributed by atoms with E-state index in [0.29, 0.717) is 0 Å². The van der Waals surface area contributed by atoms with E-state index in [9.17, 15) is 0 Å². The van der Waals surface area contributed by atoms with E-state index in [-0.39, 0.29) is 9.52 Å². The van der Waals surface area contributed by atoms with Gasteiger partial charge in [0, 0.05) is 0 Å².